The molecule has 1 heterocycles. The minimum Gasteiger partial charge on any atom is -0.493 e. The molecule has 5 atom stereocenters. The number of nitrogens with one attached hydrogen (secondary N) is 1. The Bertz CT molecular complexity index is 960. The molecular formula is C24H31NO10. The monoisotopic (exact) mass is 493 g/mol. The zero-order chi connectivity index (χ0) is 26.1. The third-order valence-corrected chi connectivity index (χ3v) is 4.86. The normalized spacial score (nSPS) is 23.8. The molecule has 11 nitrogen and oxygen atoms in total. The lowest BCUT2D eigenvalue weighted by Crippen LogP contribution is -2.67. The van der Waals surface area contributed by atoms with E-state index in [0.717, 1.165) is 5.56 Å². The lowest BCUT2D eigenvalue weighted by Gasteiger charge is -2.44. The van der Waals surface area contributed by atoms with Crippen LogP contribution in [0.3, 0.4) is 0 Å². The summed E-state index contributed by atoms with van der Waals surface area (Å²) in [5.74, 6) is -1.79. The van der Waals surface area contributed by atoms with Crippen LogP contribution in [-0.4, -0.2) is 68.2 Å². The minimum atomic E-state index is -1.24. The number of esters is 3. The molecule has 192 valence electrons. The highest BCUT2D eigenvalue weighted by molar-refractivity contribution is 5.73. The van der Waals surface area contributed by atoms with Gasteiger partial charge in [0.2, 0.25) is 12.2 Å². The van der Waals surface area contributed by atoms with Crippen molar-refractivity contribution in [2.75, 3.05) is 13.7 Å². The summed E-state index contributed by atoms with van der Waals surface area (Å²) in [4.78, 5) is 47.3. The van der Waals surface area contributed by atoms with Crippen molar-refractivity contribution >= 4 is 29.9 Å². The van der Waals surface area contributed by atoms with Crippen molar-refractivity contribution in [3.05, 3.63) is 29.8 Å². The second kappa shape index (κ2) is 12.7. The van der Waals surface area contributed by atoms with Gasteiger partial charge in [-0.15, -0.1) is 0 Å². The van der Waals surface area contributed by atoms with E-state index in [1.54, 1.807) is 18.2 Å². The van der Waals surface area contributed by atoms with Crippen molar-refractivity contribution in [2.45, 2.75) is 65.3 Å². The molecule has 1 aliphatic heterocycles. The number of methoxy groups -OCH3 is 1. The van der Waals surface area contributed by atoms with Gasteiger partial charge in [0.25, 0.3) is 0 Å². The first-order chi connectivity index (χ1) is 16.5. The molecule has 1 aromatic carbocycles. The molecule has 1 aliphatic rings. The molecule has 0 spiro atoms. The molecule has 0 radical (unpaired) electrons. The molecule has 0 bridgehead atoms. The van der Waals surface area contributed by atoms with Crippen molar-refractivity contribution in [2.24, 2.45) is 0 Å². The van der Waals surface area contributed by atoms with E-state index in [0.29, 0.717) is 5.75 Å². The van der Waals surface area contributed by atoms with Crippen LogP contribution >= 0.6 is 0 Å². The smallest absolute Gasteiger partial charge is 0.303 e. The Morgan fingerprint density at radius 1 is 0.971 bits per heavy atom. The molecule has 1 fully saturated rings. The number of carbonyl (C=O) groups is 4. The number of hydrogen-bond acceptors (Lipinski definition) is 10. The number of benzene rings is 1. The molecule has 1 aromatic rings. The molecule has 0 aromatic heterocycles. The van der Waals surface area contributed by atoms with Gasteiger partial charge < -0.3 is 33.7 Å². The molecule has 0 saturated carbocycles. The van der Waals surface area contributed by atoms with E-state index >= 15 is 0 Å². The molecular weight excluding hydrogens is 462 g/mol. The Balaban J connectivity index is 2.51. The van der Waals surface area contributed by atoms with Crippen LogP contribution in [0.4, 0.5) is 0 Å². The summed E-state index contributed by atoms with van der Waals surface area (Å²) in [5.41, 5.74) is 0.861. The van der Waals surface area contributed by atoms with Gasteiger partial charge in [0, 0.05) is 27.7 Å². The maximum Gasteiger partial charge on any atom is 0.303 e. The summed E-state index contributed by atoms with van der Waals surface area (Å²) in [7, 11) is 1.47. The van der Waals surface area contributed by atoms with Crippen LogP contribution in [0.2, 0.25) is 0 Å². The van der Waals surface area contributed by atoms with Gasteiger partial charge in [-0.25, -0.2) is 0 Å². The number of ether oxygens (including phenoxy) is 6. The third-order valence-electron chi connectivity index (χ3n) is 4.86. The first-order valence-corrected chi connectivity index (χ1v) is 10.9. The van der Waals surface area contributed by atoms with Gasteiger partial charge in [-0.05, 0) is 24.6 Å². The topological polar surface area (TPSA) is 136 Å². The van der Waals surface area contributed by atoms with E-state index in [1.165, 1.54) is 34.8 Å². The van der Waals surface area contributed by atoms with Crippen LogP contribution in [0.15, 0.2) is 24.3 Å². The second-order valence-electron chi connectivity index (χ2n) is 7.75. The molecule has 2 rings (SSSR count). The Morgan fingerprint density at radius 3 is 2.17 bits per heavy atom. The summed E-state index contributed by atoms with van der Waals surface area (Å²) < 4.78 is 33.4. The maximum absolute atomic E-state index is 12.0. The lowest BCUT2D eigenvalue weighted by molar-refractivity contribution is -0.257. The Hall–Kier alpha value is -3.60. The van der Waals surface area contributed by atoms with Crippen LogP contribution in [0.5, 0.6) is 11.5 Å². The highest BCUT2D eigenvalue weighted by atomic mass is 16.7. The predicted molar refractivity (Wildman–Crippen MR) is 122 cm³/mol. The van der Waals surface area contributed by atoms with Gasteiger partial charge in [0.1, 0.15) is 18.8 Å². The van der Waals surface area contributed by atoms with E-state index in [9.17, 15) is 19.2 Å². The predicted octanol–water partition coefficient (Wildman–Crippen LogP) is 1.76. The van der Waals surface area contributed by atoms with Crippen LogP contribution in [0, 0.1) is 0 Å². The first-order valence-electron chi connectivity index (χ1n) is 10.9. The Kier molecular flexibility index (Phi) is 10.1. The fourth-order valence-electron chi connectivity index (χ4n) is 3.59. The van der Waals surface area contributed by atoms with Gasteiger partial charge in [0.15, 0.2) is 23.7 Å². The van der Waals surface area contributed by atoms with Crippen molar-refractivity contribution < 1.29 is 47.6 Å². The number of rotatable bonds is 9. The molecule has 0 unspecified atom stereocenters. The first kappa shape index (κ1) is 27.6. The SMILES string of the molecule is C/C=C/c1ccc(O[C@@H]2O[C@H](COC(C)=O)[C@H](OC(C)=O)[C@H](OC(C)=O)[C@@H]2NC(C)=O)c(OC)c1. The van der Waals surface area contributed by atoms with Crippen molar-refractivity contribution in [3.63, 3.8) is 0 Å². The number of amides is 1. The fourth-order valence-corrected chi connectivity index (χ4v) is 3.59. The average molecular weight is 494 g/mol. The van der Waals surface area contributed by atoms with E-state index < -0.39 is 54.5 Å². The summed E-state index contributed by atoms with van der Waals surface area (Å²) in [5, 5.41) is 2.65. The highest BCUT2D eigenvalue weighted by Crippen LogP contribution is 2.34. The van der Waals surface area contributed by atoms with Gasteiger partial charge in [-0.1, -0.05) is 18.2 Å². The number of carbonyl (C=O) groups excluding carboxylic acids is 4. The molecule has 1 saturated heterocycles. The quantitative estimate of drug-likeness (QED) is 0.400. The summed E-state index contributed by atoms with van der Waals surface area (Å²) >= 11 is 0. The van der Waals surface area contributed by atoms with Crippen molar-refractivity contribution in [1.29, 1.82) is 0 Å². The average Bonchev–Trinajstić information content (AvgIpc) is 2.76. The van der Waals surface area contributed by atoms with Crippen molar-refractivity contribution in [1.82, 2.24) is 5.32 Å². The van der Waals surface area contributed by atoms with E-state index in [2.05, 4.69) is 5.32 Å². The van der Waals surface area contributed by atoms with E-state index in [-0.39, 0.29) is 12.4 Å². The largest absolute Gasteiger partial charge is 0.493 e. The minimum absolute atomic E-state index is 0.278. The molecule has 35 heavy (non-hydrogen) atoms. The zero-order valence-electron chi connectivity index (χ0n) is 20.6. The third kappa shape index (κ3) is 7.99. The second-order valence-corrected chi connectivity index (χ2v) is 7.75. The van der Waals surface area contributed by atoms with E-state index in [4.69, 9.17) is 28.4 Å². The number of allylic oxidation sites excluding steroid dienone is 1. The van der Waals surface area contributed by atoms with Crippen LogP contribution in [0.25, 0.3) is 6.08 Å². The Labute approximate surface area is 203 Å². The Morgan fingerprint density at radius 2 is 1.63 bits per heavy atom. The van der Waals surface area contributed by atoms with Crippen LogP contribution in [0.1, 0.15) is 40.2 Å². The van der Waals surface area contributed by atoms with Crippen LogP contribution < -0.4 is 14.8 Å². The van der Waals surface area contributed by atoms with Gasteiger partial charge in [0.05, 0.1) is 7.11 Å². The molecule has 1 N–H and O–H groups in total. The fraction of sp³-hybridized carbons (Fsp3) is 0.500. The number of hydrogen-bond donors (Lipinski definition) is 1. The van der Waals surface area contributed by atoms with E-state index in [1.807, 2.05) is 19.1 Å². The molecule has 0 aliphatic carbocycles. The van der Waals surface area contributed by atoms with Gasteiger partial charge >= 0.3 is 17.9 Å². The van der Waals surface area contributed by atoms with Gasteiger partial charge in [-0.3, -0.25) is 19.2 Å². The van der Waals surface area contributed by atoms with Crippen molar-refractivity contribution in [3.8, 4) is 11.5 Å². The molecule has 11 heteroatoms. The van der Waals surface area contributed by atoms with Gasteiger partial charge in [-0.2, -0.15) is 0 Å². The highest BCUT2D eigenvalue weighted by Gasteiger charge is 2.52. The summed E-state index contributed by atoms with van der Waals surface area (Å²) in [6.07, 6.45) is -0.990. The molecule has 1 amide bonds. The summed E-state index contributed by atoms with van der Waals surface area (Å²) in [6, 6.07) is 4.10. The van der Waals surface area contributed by atoms with Crippen LogP contribution in [-0.2, 0) is 38.1 Å². The standard InChI is InChI=1S/C24H31NO10/c1-7-8-17-9-10-18(19(11-17)30-6)34-24-21(25-13(2)26)23(33-16(5)29)22(32-15(4)28)20(35-24)12-31-14(3)27/h7-11,20-24H,12H2,1-6H3,(H,25,26)/b8-7+/t20-,21+,22+,23-,24-/m1/s1. The maximum atomic E-state index is 12.0. The summed E-state index contributed by atoms with van der Waals surface area (Å²) in [6.45, 7) is 6.36. The lowest BCUT2D eigenvalue weighted by atomic mass is 9.96. The zero-order valence-corrected chi connectivity index (χ0v) is 20.6.